The van der Waals surface area contributed by atoms with E-state index < -0.39 is 12.0 Å². The topological polar surface area (TPSA) is 98.5 Å². The third-order valence-electron chi connectivity index (χ3n) is 6.80. The van der Waals surface area contributed by atoms with E-state index in [1.807, 2.05) is 0 Å². The number of hydrogen-bond acceptors (Lipinski definition) is 8. The van der Waals surface area contributed by atoms with E-state index in [0.29, 0.717) is 47.6 Å². The van der Waals surface area contributed by atoms with Crippen LogP contribution in [0.4, 0.5) is 0 Å². The summed E-state index contributed by atoms with van der Waals surface area (Å²) < 4.78 is 21.5. The highest BCUT2D eigenvalue weighted by molar-refractivity contribution is 5.99. The van der Waals surface area contributed by atoms with Crippen LogP contribution in [-0.2, 0) is 9.47 Å². The van der Waals surface area contributed by atoms with Crippen molar-refractivity contribution in [2.75, 3.05) is 53.6 Å². The monoisotopic (exact) mass is 492 g/mol. The molecule has 9 heteroatoms. The number of morpholine rings is 1. The summed E-state index contributed by atoms with van der Waals surface area (Å²) in [5, 5.41) is 0.383. The molecule has 1 aromatic heterocycles. The molecule has 188 valence electrons. The Morgan fingerprint density at radius 2 is 1.78 bits per heavy atom. The van der Waals surface area contributed by atoms with E-state index in [9.17, 15) is 14.4 Å². The van der Waals surface area contributed by atoms with Crippen molar-refractivity contribution in [1.29, 1.82) is 0 Å². The van der Waals surface area contributed by atoms with Gasteiger partial charge in [-0.3, -0.25) is 14.5 Å². The van der Waals surface area contributed by atoms with Crippen molar-refractivity contribution in [2.24, 2.45) is 0 Å². The molecule has 36 heavy (non-hydrogen) atoms. The Hall–Kier alpha value is -3.69. The van der Waals surface area contributed by atoms with Gasteiger partial charge in [0, 0.05) is 32.2 Å². The van der Waals surface area contributed by atoms with Gasteiger partial charge in [0.15, 0.2) is 5.43 Å². The van der Waals surface area contributed by atoms with Crippen LogP contribution in [-0.4, -0.2) is 75.3 Å². The first kappa shape index (κ1) is 24.0. The highest BCUT2D eigenvalue weighted by Gasteiger charge is 2.42. The molecule has 0 aliphatic carbocycles. The van der Waals surface area contributed by atoms with Crippen LogP contribution in [0, 0.1) is 0 Å². The van der Waals surface area contributed by atoms with E-state index in [2.05, 4.69) is 4.90 Å². The molecule has 3 heterocycles. The Labute approximate surface area is 208 Å². The molecule has 5 rings (SSSR count). The molecule has 2 aliphatic rings. The number of carbonyl (C=O) groups is 2. The molecule has 1 fully saturated rings. The summed E-state index contributed by atoms with van der Waals surface area (Å²) in [4.78, 5) is 43.2. The minimum absolute atomic E-state index is 0.0502. The highest BCUT2D eigenvalue weighted by atomic mass is 16.5. The second-order valence-corrected chi connectivity index (χ2v) is 8.86. The number of ether oxygens (including phenoxy) is 3. The zero-order chi connectivity index (χ0) is 25.2. The fourth-order valence-electron chi connectivity index (χ4n) is 4.91. The molecule has 0 unspecified atom stereocenters. The summed E-state index contributed by atoms with van der Waals surface area (Å²) in [6.07, 6.45) is 0.734. The normalized spacial score (nSPS) is 17.9. The molecule has 0 spiro atoms. The van der Waals surface area contributed by atoms with Crippen molar-refractivity contribution >= 4 is 22.8 Å². The van der Waals surface area contributed by atoms with Gasteiger partial charge in [0.25, 0.3) is 5.91 Å². The summed E-state index contributed by atoms with van der Waals surface area (Å²) in [7, 11) is 2.85. The number of rotatable bonds is 7. The second-order valence-electron chi connectivity index (χ2n) is 8.86. The number of amides is 1. The van der Waals surface area contributed by atoms with Crippen LogP contribution in [0.5, 0.6) is 5.75 Å². The summed E-state index contributed by atoms with van der Waals surface area (Å²) in [5.74, 6) is -0.190. The van der Waals surface area contributed by atoms with E-state index in [0.717, 1.165) is 31.6 Å². The largest absolute Gasteiger partial charge is 0.497 e. The molecule has 2 aliphatic heterocycles. The van der Waals surface area contributed by atoms with Gasteiger partial charge in [-0.05, 0) is 36.2 Å². The lowest BCUT2D eigenvalue weighted by Gasteiger charge is -2.29. The van der Waals surface area contributed by atoms with Crippen molar-refractivity contribution in [3.8, 4) is 5.75 Å². The van der Waals surface area contributed by atoms with Gasteiger partial charge in [-0.25, -0.2) is 4.79 Å². The van der Waals surface area contributed by atoms with Crippen LogP contribution < -0.4 is 10.2 Å². The minimum Gasteiger partial charge on any atom is -0.497 e. The van der Waals surface area contributed by atoms with Gasteiger partial charge in [-0.1, -0.05) is 12.1 Å². The van der Waals surface area contributed by atoms with Crippen molar-refractivity contribution in [2.45, 2.75) is 12.5 Å². The quantitative estimate of drug-likeness (QED) is 0.465. The zero-order valence-corrected chi connectivity index (χ0v) is 20.3. The van der Waals surface area contributed by atoms with E-state index in [1.54, 1.807) is 47.4 Å². The molecule has 0 saturated carbocycles. The molecule has 1 atom stereocenters. The van der Waals surface area contributed by atoms with Crippen molar-refractivity contribution in [3.05, 3.63) is 75.1 Å². The van der Waals surface area contributed by atoms with E-state index >= 15 is 0 Å². The number of methoxy groups -OCH3 is 2. The molecule has 1 saturated heterocycles. The molecule has 2 aromatic carbocycles. The average Bonchev–Trinajstić information content (AvgIpc) is 3.20. The van der Waals surface area contributed by atoms with Gasteiger partial charge < -0.3 is 23.5 Å². The maximum absolute atomic E-state index is 13.7. The molecule has 0 N–H and O–H groups in total. The predicted octanol–water partition coefficient (Wildman–Crippen LogP) is 2.86. The van der Waals surface area contributed by atoms with Crippen LogP contribution in [0.1, 0.15) is 44.5 Å². The Kier molecular flexibility index (Phi) is 6.75. The Bertz CT molecular complexity index is 1340. The number of hydrogen-bond donors (Lipinski definition) is 0. The molecule has 9 nitrogen and oxygen atoms in total. The predicted molar refractivity (Wildman–Crippen MR) is 132 cm³/mol. The highest BCUT2D eigenvalue weighted by Crippen LogP contribution is 2.38. The summed E-state index contributed by atoms with van der Waals surface area (Å²) in [5.41, 5.74) is 1.49. The second kappa shape index (κ2) is 10.1. The number of carbonyl (C=O) groups excluding carboxylic acids is 2. The Morgan fingerprint density at radius 3 is 2.47 bits per heavy atom. The van der Waals surface area contributed by atoms with Crippen molar-refractivity contribution < 1.29 is 28.2 Å². The Balaban J connectivity index is 1.53. The van der Waals surface area contributed by atoms with Crippen LogP contribution in [0.2, 0.25) is 0 Å². The van der Waals surface area contributed by atoms with Gasteiger partial charge >= 0.3 is 5.97 Å². The maximum atomic E-state index is 13.7. The number of esters is 1. The first-order valence-electron chi connectivity index (χ1n) is 12.0. The number of benzene rings is 2. The van der Waals surface area contributed by atoms with Gasteiger partial charge in [-0.2, -0.15) is 0 Å². The fraction of sp³-hybridized carbons (Fsp3) is 0.370. The summed E-state index contributed by atoms with van der Waals surface area (Å²) in [6.45, 7) is 4.40. The lowest BCUT2D eigenvalue weighted by Crippen LogP contribution is -2.38. The molecular formula is C27H28N2O7. The summed E-state index contributed by atoms with van der Waals surface area (Å²) >= 11 is 0. The first-order valence-corrected chi connectivity index (χ1v) is 12.0. The number of nitrogens with zero attached hydrogens (tertiary/aromatic N) is 2. The third-order valence-corrected chi connectivity index (χ3v) is 6.80. The fourth-order valence-corrected chi connectivity index (χ4v) is 4.91. The lowest BCUT2D eigenvalue weighted by molar-refractivity contribution is 0.0353. The van der Waals surface area contributed by atoms with Crippen LogP contribution in [0.3, 0.4) is 0 Å². The van der Waals surface area contributed by atoms with Crippen LogP contribution >= 0.6 is 0 Å². The summed E-state index contributed by atoms with van der Waals surface area (Å²) in [6, 6.07) is 11.1. The molecular weight excluding hydrogens is 464 g/mol. The average molecular weight is 493 g/mol. The minimum atomic E-state index is -0.619. The zero-order valence-electron chi connectivity index (χ0n) is 20.3. The lowest BCUT2D eigenvalue weighted by atomic mass is 9.97. The third kappa shape index (κ3) is 4.36. The standard InChI is InChI=1S/C27H28N2O7/c1-33-19-8-9-20-21(16-19)36-25-22(24(20)30)23(17-4-6-18(7-5-17)27(32)34-2)29(26(25)31)11-3-10-28-12-14-35-15-13-28/h4-9,16,23H,3,10-15H2,1-2H3/t23-/m0/s1. The van der Waals surface area contributed by atoms with Gasteiger partial charge in [0.2, 0.25) is 5.76 Å². The maximum Gasteiger partial charge on any atom is 0.337 e. The van der Waals surface area contributed by atoms with Gasteiger partial charge in [-0.15, -0.1) is 0 Å². The van der Waals surface area contributed by atoms with Crippen molar-refractivity contribution in [1.82, 2.24) is 9.80 Å². The smallest absolute Gasteiger partial charge is 0.337 e. The van der Waals surface area contributed by atoms with Crippen molar-refractivity contribution in [3.63, 3.8) is 0 Å². The van der Waals surface area contributed by atoms with Crippen LogP contribution in [0.25, 0.3) is 11.0 Å². The molecule has 0 bridgehead atoms. The van der Waals surface area contributed by atoms with E-state index in [-0.39, 0.29) is 17.1 Å². The molecule has 1 amide bonds. The molecule has 3 aromatic rings. The van der Waals surface area contributed by atoms with Gasteiger partial charge in [0.05, 0.1) is 50.0 Å². The van der Waals surface area contributed by atoms with E-state index in [4.69, 9.17) is 18.6 Å². The van der Waals surface area contributed by atoms with Gasteiger partial charge in [0.1, 0.15) is 11.3 Å². The van der Waals surface area contributed by atoms with Crippen LogP contribution in [0.15, 0.2) is 51.7 Å². The number of fused-ring (bicyclic) bond motifs is 2. The Morgan fingerprint density at radius 1 is 1.03 bits per heavy atom. The SMILES string of the molecule is COC(=O)c1ccc([C@H]2c3c(oc4cc(OC)ccc4c3=O)C(=O)N2CCCN2CCOCC2)cc1. The van der Waals surface area contributed by atoms with E-state index in [1.165, 1.54) is 14.2 Å². The molecule has 0 radical (unpaired) electrons. The first-order chi connectivity index (χ1) is 17.5.